The summed E-state index contributed by atoms with van der Waals surface area (Å²) in [4.78, 5) is 39.2. The summed E-state index contributed by atoms with van der Waals surface area (Å²) in [5.41, 5.74) is 0.480. The summed E-state index contributed by atoms with van der Waals surface area (Å²) in [5.74, 6) is -5.14. The van der Waals surface area contributed by atoms with Crippen LogP contribution in [0.5, 0.6) is 5.88 Å². The number of carboxylic acids is 1. The lowest BCUT2D eigenvalue weighted by atomic mass is 9.97. The molecule has 1 aliphatic heterocycles. The van der Waals surface area contributed by atoms with Crippen LogP contribution >= 0.6 is 0 Å². The quantitative estimate of drug-likeness (QED) is 0.271. The van der Waals surface area contributed by atoms with Crippen LogP contribution in [-0.4, -0.2) is 77.1 Å². The minimum atomic E-state index is -4.74. The second-order valence-corrected chi connectivity index (χ2v) is 10.2. The van der Waals surface area contributed by atoms with Crippen LogP contribution in [0.4, 0.5) is 27.6 Å². The van der Waals surface area contributed by atoms with Gasteiger partial charge in [0.15, 0.2) is 5.82 Å². The van der Waals surface area contributed by atoms with Gasteiger partial charge in [0.2, 0.25) is 5.88 Å². The average molecular weight is 632 g/mol. The molecule has 2 aromatic carbocycles. The zero-order valence-corrected chi connectivity index (χ0v) is 23.9. The number of morpholine rings is 1. The predicted octanol–water partition coefficient (Wildman–Crippen LogP) is 4.48. The number of methoxy groups -OCH3 is 1. The number of anilines is 1. The maximum atomic E-state index is 15.1. The van der Waals surface area contributed by atoms with Gasteiger partial charge in [-0.25, -0.2) is 18.6 Å². The van der Waals surface area contributed by atoms with Crippen molar-refractivity contribution in [3.63, 3.8) is 0 Å². The molecule has 45 heavy (non-hydrogen) atoms. The van der Waals surface area contributed by atoms with Crippen LogP contribution < -0.4 is 15.0 Å². The highest BCUT2D eigenvalue weighted by Gasteiger charge is 2.46. The molecule has 4 aromatic rings. The highest BCUT2D eigenvalue weighted by Crippen LogP contribution is 2.33. The van der Waals surface area contributed by atoms with Crippen molar-refractivity contribution in [1.29, 1.82) is 0 Å². The number of halogens is 5. The molecule has 236 valence electrons. The fourth-order valence-corrected chi connectivity index (χ4v) is 5.13. The second-order valence-electron chi connectivity index (χ2n) is 10.2. The zero-order valence-electron chi connectivity index (χ0n) is 23.9. The Labute approximate surface area is 252 Å². The molecule has 1 amide bonds. The lowest BCUT2D eigenvalue weighted by Crippen LogP contribution is -2.53. The molecule has 15 heteroatoms. The molecule has 3 heterocycles. The standard InChI is InChI=1S/C30H26F5N5O5/c1-15-10-24(44-2)39-27(37-15)19-6-5-16(18-4-3-7-36-26(18)19)11-22(29(42)43)38-28(41)25-20(31)12-17(13-21(25)32)40-8-9-45-14-23(40)30(33,34)35/h3-7,10,12-13,22-23H,8-9,11,14H2,1-2H3,(H,38,41)(H,42,43). The molecule has 0 aliphatic carbocycles. The first-order chi connectivity index (χ1) is 21.4. The van der Waals surface area contributed by atoms with Crippen LogP contribution in [-0.2, 0) is 16.0 Å². The Morgan fingerprint density at radius 3 is 2.56 bits per heavy atom. The van der Waals surface area contributed by atoms with Gasteiger partial charge in [0.25, 0.3) is 5.91 Å². The number of aliphatic carboxylic acids is 1. The maximum absolute atomic E-state index is 15.1. The number of benzene rings is 2. The number of nitrogens with one attached hydrogen (secondary N) is 1. The Morgan fingerprint density at radius 1 is 1.16 bits per heavy atom. The number of carboxylic acid groups (broad SMARTS) is 1. The summed E-state index contributed by atoms with van der Waals surface area (Å²) in [7, 11) is 1.46. The van der Waals surface area contributed by atoms with Crippen LogP contribution in [0.3, 0.4) is 0 Å². The van der Waals surface area contributed by atoms with Crippen molar-refractivity contribution in [1.82, 2.24) is 20.3 Å². The first-order valence-corrected chi connectivity index (χ1v) is 13.6. The second kappa shape index (κ2) is 12.6. The fourth-order valence-electron chi connectivity index (χ4n) is 5.13. The number of carbonyl (C=O) groups excluding carboxylic acids is 1. The molecule has 0 bridgehead atoms. The van der Waals surface area contributed by atoms with E-state index in [4.69, 9.17) is 9.47 Å². The van der Waals surface area contributed by atoms with Gasteiger partial charge in [-0.2, -0.15) is 18.2 Å². The van der Waals surface area contributed by atoms with E-state index in [9.17, 15) is 27.9 Å². The summed E-state index contributed by atoms with van der Waals surface area (Å²) in [6.45, 7) is 0.641. The van der Waals surface area contributed by atoms with Gasteiger partial charge < -0.3 is 24.8 Å². The van der Waals surface area contributed by atoms with Gasteiger partial charge in [0, 0.05) is 47.6 Å². The minimum absolute atomic E-state index is 0.101. The molecular formula is C30H26F5N5O5. The van der Waals surface area contributed by atoms with E-state index in [1.165, 1.54) is 13.3 Å². The summed E-state index contributed by atoms with van der Waals surface area (Å²) in [6, 6.07) is 5.64. The van der Waals surface area contributed by atoms with E-state index >= 15 is 8.78 Å². The number of carbonyl (C=O) groups is 2. The summed E-state index contributed by atoms with van der Waals surface area (Å²) in [6.07, 6.45) is -3.51. The van der Waals surface area contributed by atoms with Gasteiger partial charge in [0.1, 0.15) is 29.3 Å². The Kier molecular flexibility index (Phi) is 8.82. The number of amides is 1. The van der Waals surface area contributed by atoms with E-state index < -0.39 is 59.6 Å². The Morgan fingerprint density at radius 2 is 1.89 bits per heavy atom. The molecule has 0 spiro atoms. The van der Waals surface area contributed by atoms with Crippen molar-refractivity contribution in [3.8, 4) is 17.3 Å². The molecule has 10 nitrogen and oxygen atoms in total. The molecule has 1 fully saturated rings. The molecule has 1 saturated heterocycles. The van der Waals surface area contributed by atoms with Crippen molar-refractivity contribution in [3.05, 3.63) is 77.1 Å². The van der Waals surface area contributed by atoms with Crippen molar-refractivity contribution < 1.29 is 46.1 Å². The third-order valence-corrected chi connectivity index (χ3v) is 7.26. The lowest BCUT2D eigenvalue weighted by molar-refractivity contribution is -0.167. The Balaban J connectivity index is 1.42. The minimum Gasteiger partial charge on any atom is -0.481 e. The first kappa shape index (κ1) is 31.5. The number of ether oxygens (including phenoxy) is 2. The third-order valence-electron chi connectivity index (χ3n) is 7.26. The number of aromatic nitrogens is 3. The number of hydrogen-bond donors (Lipinski definition) is 2. The van der Waals surface area contributed by atoms with Gasteiger partial charge in [0.05, 0.1) is 25.8 Å². The van der Waals surface area contributed by atoms with Crippen molar-refractivity contribution in [2.24, 2.45) is 0 Å². The molecule has 0 saturated carbocycles. The van der Waals surface area contributed by atoms with E-state index in [0.29, 0.717) is 51.6 Å². The molecule has 2 N–H and O–H groups in total. The molecule has 2 atom stereocenters. The van der Waals surface area contributed by atoms with Gasteiger partial charge in [-0.05, 0) is 36.8 Å². The first-order valence-electron chi connectivity index (χ1n) is 13.6. The number of pyridine rings is 1. The van der Waals surface area contributed by atoms with Crippen LogP contribution in [0.2, 0.25) is 0 Å². The monoisotopic (exact) mass is 631 g/mol. The van der Waals surface area contributed by atoms with Crippen molar-refractivity contribution in [2.75, 3.05) is 31.8 Å². The Bertz CT molecular complexity index is 1750. The highest BCUT2D eigenvalue weighted by atomic mass is 19.4. The van der Waals surface area contributed by atoms with Gasteiger partial charge >= 0.3 is 12.1 Å². The SMILES string of the molecule is COc1cc(C)nc(-c2ccc(CC(NC(=O)c3c(F)cc(N4CCOCC4C(F)(F)F)cc3F)C(=O)O)c3cccnc23)n1. The maximum Gasteiger partial charge on any atom is 0.411 e. The molecule has 2 aromatic heterocycles. The number of aryl methyl sites for hydroxylation is 1. The smallest absolute Gasteiger partial charge is 0.411 e. The van der Waals surface area contributed by atoms with Gasteiger partial charge in [-0.3, -0.25) is 9.78 Å². The zero-order chi connectivity index (χ0) is 32.5. The van der Waals surface area contributed by atoms with Gasteiger partial charge in [-0.1, -0.05) is 12.1 Å². The van der Waals surface area contributed by atoms with E-state index in [0.717, 1.165) is 4.90 Å². The van der Waals surface area contributed by atoms with E-state index in [-0.39, 0.29) is 19.6 Å². The third kappa shape index (κ3) is 6.62. The number of fused-ring (bicyclic) bond motifs is 1. The van der Waals surface area contributed by atoms with Crippen LogP contribution in [0.25, 0.3) is 22.3 Å². The predicted molar refractivity (Wildman–Crippen MR) is 151 cm³/mol. The number of hydrogen-bond acceptors (Lipinski definition) is 8. The van der Waals surface area contributed by atoms with Crippen molar-refractivity contribution >= 4 is 28.5 Å². The number of rotatable bonds is 8. The molecule has 5 rings (SSSR count). The normalized spacial score (nSPS) is 16.0. The largest absolute Gasteiger partial charge is 0.481 e. The summed E-state index contributed by atoms with van der Waals surface area (Å²) < 4.78 is 80.8. The highest BCUT2D eigenvalue weighted by molar-refractivity contribution is 5.98. The Hall–Kier alpha value is -4.92. The van der Waals surface area contributed by atoms with Crippen LogP contribution in [0.1, 0.15) is 21.6 Å². The molecular weight excluding hydrogens is 605 g/mol. The number of nitrogens with zero attached hydrogens (tertiary/aromatic N) is 4. The van der Waals surface area contributed by atoms with Crippen LogP contribution in [0, 0.1) is 18.6 Å². The summed E-state index contributed by atoms with van der Waals surface area (Å²) >= 11 is 0. The van der Waals surface area contributed by atoms with Gasteiger partial charge in [-0.15, -0.1) is 0 Å². The number of alkyl halides is 3. The molecule has 1 aliphatic rings. The molecule has 0 radical (unpaired) electrons. The lowest BCUT2D eigenvalue weighted by Gasteiger charge is -2.38. The van der Waals surface area contributed by atoms with E-state index in [1.54, 1.807) is 37.3 Å². The fraction of sp³-hybridized carbons (Fsp3) is 0.300. The van der Waals surface area contributed by atoms with Crippen molar-refractivity contribution in [2.45, 2.75) is 31.6 Å². The van der Waals surface area contributed by atoms with E-state index in [1.807, 2.05) is 0 Å². The van der Waals surface area contributed by atoms with E-state index in [2.05, 4.69) is 20.3 Å². The average Bonchev–Trinajstić information content (AvgIpc) is 2.99. The molecule has 2 unspecified atom stereocenters. The summed E-state index contributed by atoms with van der Waals surface area (Å²) in [5, 5.41) is 12.6. The van der Waals surface area contributed by atoms with Crippen LogP contribution in [0.15, 0.2) is 48.7 Å². The topological polar surface area (TPSA) is 127 Å².